The average Bonchev–Trinajstić information content (AvgIpc) is 2.38. The van der Waals surface area contributed by atoms with E-state index in [0.29, 0.717) is 6.04 Å². The molecule has 0 bridgehead atoms. The van der Waals surface area contributed by atoms with Crippen molar-refractivity contribution in [3.05, 3.63) is 35.4 Å². The van der Waals surface area contributed by atoms with E-state index < -0.39 is 0 Å². The van der Waals surface area contributed by atoms with Gasteiger partial charge in [0.05, 0.1) is 6.61 Å². The summed E-state index contributed by atoms with van der Waals surface area (Å²) in [5.41, 5.74) is 3.12. The van der Waals surface area contributed by atoms with Crippen molar-refractivity contribution in [1.82, 2.24) is 5.32 Å². The topological polar surface area (TPSA) is 32.3 Å². The molecule has 18 heavy (non-hydrogen) atoms. The van der Waals surface area contributed by atoms with Gasteiger partial charge in [0.1, 0.15) is 0 Å². The maximum Gasteiger partial charge on any atom is 0.0584 e. The average molecular weight is 247 g/mol. The fraction of sp³-hybridized carbons (Fsp3) is 0.625. The summed E-state index contributed by atoms with van der Waals surface area (Å²) < 4.78 is 0. The van der Waals surface area contributed by atoms with Crippen LogP contribution in [-0.2, 0) is 6.42 Å². The minimum atomic E-state index is 0.195. The largest absolute Gasteiger partial charge is 0.395 e. The third kappa shape index (κ3) is 2.60. The molecule has 0 saturated carbocycles. The Hall–Kier alpha value is -0.860. The molecule has 1 aromatic carbocycles. The van der Waals surface area contributed by atoms with Gasteiger partial charge in [0, 0.05) is 12.1 Å². The highest BCUT2D eigenvalue weighted by atomic mass is 16.3. The van der Waals surface area contributed by atoms with E-state index in [-0.39, 0.29) is 18.1 Å². The van der Waals surface area contributed by atoms with Crippen LogP contribution >= 0.6 is 0 Å². The summed E-state index contributed by atoms with van der Waals surface area (Å²) >= 11 is 0. The van der Waals surface area contributed by atoms with E-state index >= 15 is 0 Å². The second kappa shape index (κ2) is 5.41. The van der Waals surface area contributed by atoms with Gasteiger partial charge in [-0.15, -0.1) is 0 Å². The van der Waals surface area contributed by atoms with Crippen LogP contribution in [-0.4, -0.2) is 17.8 Å². The first-order chi connectivity index (χ1) is 8.58. The van der Waals surface area contributed by atoms with Gasteiger partial charge in [0.25, 0.3) is 0 Å². The standard InChI is InChI=1S/C16H25NO/c1-4-13(11-18)17-15-14-8-6-5-7-12(14)9-10-16(15,2)3/h5-8,13,15,17-18H,4,9-11H2,1-3H3/t13-,15?/m0/s1. The molecular weight excluding hydrogens is 222 g/mol. The van der Waals surface area contributed by atoms with Crippen LogP contribution in [0.25, 0.3) is 0 Å². The Morgan fingerprint density at radius 3 is 2.78 bits per heavy atom. The first-order valence-electron chi connectivity index (χ1n) is 7.03. The van der Waals surface area contributed by atoms with Gasteiger partial charge >= 0.3 is 0 Å². The molecule has 0 radical (unpaired) electrons. The molecule has 0 fully saturated rings. The summed E-state index contributed by atoms with van der Waals surface area (Å²) in [7, 11) is 0. The fourth-order valence-electron chi connectivity index (χ4n) is 2.92. The highest BCUT2D eigenvalue weighted by molar-refractivity contribution is 5.34. The summed E-state index contributed by atoms with van der Waals surface area (Å²) in [5, 5.41) is 13.1. The monoisotopic (exact) mass is 247 g/mol. The molecule has 0 aliphatic heterocycles. The van der Waals surface area contributed by atoms with Crippen LogP contribution in [0.1, 0.15) is 50.8 Å². The molecule has 1 aromatic rings. The molecule has 0 spiro atoms. The van der Waals surface area contributed by atoms with Crippen LogP contribution < -0.4 is 5.32 Å². The number of aliphatic hydroxyl groups excluding tert-OH is 1. The van der Waals surface area contributed by atoms with Crippen molar-refractivity contribution in [3.63, 3.8) is 0 Å². The first-order valence-corrected chi connectivity index (χ1v) is 7.03. The lowest BCUT2D eigenvalue weighted by Gasteiger charge is -2.42. The van der Waals surface area contributed by atoms with E-state index in [1.807, 2.05) is 0 Å². The normalized spacial score (nSPS) is 23.4. The van der Waals surface area contributed by atoms with Crippen molar-refractivity contribution < 1.29 is 5.11 Å². The zero-order valence-corrected chi connectivity index (χ0v) is 11.7. The highest BCUT2D eigenvalue weighted by Gasteiger charge is 2.36. The zero-order valence-electron chi connectivity index (χ0n) is 11.7. The van der Waals surface area contributed by atoms with Gasteiger partial charge in [0.15, 0.2) is 0 Å². The SMILES string of the molecule is CC[C@@H](CO)NC1c2ccccc2CCC1(C)C. The summed E-state index contributed by atoms with van der Waals surface area (Å²) in [5.74, 6) is 0. The number of hydrogen-bond acceptors (Lipinski definition) is 2. The molecule has 2 rings (SSSR count). The van der Waals surface area contributed by atoms with Crippen LogP contribution in [0.5, 0.6) is 0 Å². The highest BCUT2D eigenvalue weighted by Crippen LogP contribution is 2.43. The molecule has 2 atom stereocenters. The number of rotatable bonds is 4. The lowest BCUT2D eigenvalue weighted by Crippen LogP contribution is -2.44. The molecule has 0 saturated heterocycles. The van der Waals surface area contributed by atoms with E-state index in [1.54, 1.807) is 0 Å². The number of fused-ring (bicyclic) bond motifs is 1. The Bertz CT molecular complexity index is 396. The van der Waals surface area contributed by atoms with E-state index in [9.17, 15) is 5.11 Å². The van der Waals surface area contributed by atoms with Gasteiger partial charge in [-0.3, -0.25) is 0 Å². The lowest BCUT2D eigenvalue weighted by molar-refractivity contribution is 0.159. The molecule has 2 nitrogen and oxygen atoms in total. The second-order valence-corrected chi connectivity index (χ2v) is 6.07. The predicted molar refractivity (Wildman–Crippen MR) is 75.6 cm³/mol. The smallest absolute Gasteiger partial charge is 0.0584 e. The van der Waals surface area contributed by atoms with Gasteiger partial charge in [-0.25, -0.2) is 0 Å². The zero-order chi connectivity index (χ0) is 13.2. The Morgan fingerprint density at radius 2 is 2.11 bits per heavy atom. The van der Waals surface area contributed by atoms with Gasteiger partial charge in [-0.1, -0.05) is 45.0 Å². The molecule has 0 aromatic heterocycles. The Balaban J connectivity index is 2.29. The molecule has 100 valence electrons. The summed E-state index contributed by atoms with van der Waals surface area (Å²) in [4.78, 5) is 0. The fourth-order valence-corrected chi connectivity index (χ4v) is 2.92. The maximum absolute atomic E-state index is 9.41. The van der Waals surface area contributed by atoms with Crippen LogP contribution in [0.3, 0.4) is 0 Å². The van der Waals surface area contributed by atoms with Crippen molar-refractivity contribution >= 4 is 0 Å². The number of benzene rings is 1. The van der Waals surface area contributed by atoms with Crippen molar-refractivity contribution in [2.24, 2.45) is 5.41 Å². The maximum atomic E-state index is 9.41. The first kappa shape index (κ1) is 13.6. The van der Waals surface area contributed by atoms with Crippen LogP contribution in [0, 0.1) is 5.41 Å². The van der Waals surface area contributed by atoms with E-state index in [4.69, 9.17) is 0 Å². The molecule has 2 heteroatoms. The minimum Gasteiger partial charge on any atom is -0.395 e. The second-order valence-electron chi connectivity index (χ2n) is 6.07. The van der Waals surface area contributed by atoms with Gasteiger partial charge in [-0.2, -0.15) is 0 Å². The number of aliphatic hydroxyl groups is 1. The van der Waals surface area contributed by atoms with E-state index in [2.05, 4.69) is 50.4 Å². The third-order valence-corrected chi connectivity index (χ3v) is 4.30. The summed E-state index contributed by atoms with van der Waals surface area (Å²) in [6.45, 7) is 6.98. The number of aryl methyl sites for hydroxylation is 1. The number of nitrogens with one attached hydrogen (secondary N) is 1. The third-order valence-electron chi connectivity index (χ3n) is 4.30. The quantitative estimate of drug-likeness (QED) is 0.857. The molecule has 1 aliphatic carbocycles. The van der Waals surface area contributed by atoms with E-state index in [1.165, 1.54) is 17.5 Å². The Kier molecular flexibility index (Phi) is 4.08. The lowest BCUT2D eigenvalue weighted by atomic mass is 9.70. The Morgan fingerprint density at radius 1 is 1.39 bits per heavy atom. The molecule has 0 amide bonds. The molecule has 2 N–H and O–H groups in total. The van der Waals surface area contributed by atoms with Crippen molar-refractivity contribution in [2.45, 2.75) is 52.1 Å². The molecule has 1 aliphatic rings. The Labute approximate surface area is 110 Å². The van der Waals surface area contributed by atoms with Crippen molar-refractivity contribution in [2.75, 3.05) is 6.61 Å². The van der Waals surface area contributed by atoms with Crippen molar-refractivity contribution in [1.29, 1.82) is 0 Å². The van der Waals surface area contributed by atoms with Gasteiger partial charge < -0.3 is 10.4 Å². The summed E-state index contributed by atoms with van der Waals surface area (Å²) in [6.07, 6.45) is 3.33. The van der Waals surface area contributed by atoms with Gasteiger partial charge in [0.2, 0.25) is 0 Å². The minimum absolute atomic E-state index is 0.195. The molecule has 1 unspecified atom stereocenters. The molecule has 0 heterocycles. The number of hydrogen-bond donors (Lipinski definition) is 2. The van der Waals surface area contributed by atoms with Crippen LogP contribution in [0.2, 0.25) is 0 Å². The van der Waals surface area contributed by atoms with Gasteiger partial charge in [-0.05, 0) is 35.8 Å². The summed E-state index contributed by atoms with van der Waals surface area (Å²) in [6, 6.07) is 9.25. The predicted octanol–water partition coefficient (Wildman–Crippen LogP) is 3.06. The van der Waals surface area contributed by atoms with Crippen LogP contribution in [0.15, 0.2) is 24.3 Å². The van der Waals surface area contributed by atoms with Crippen LogP contribution in [0.4, 0.5) is 0 Å². The van der Waals surface area contributed by atoms with E-state index in [0.717, 1.165) is 12.8 Å². The molecular formula is C16H25NO. The van der Waals surface area contributed by atoms with Crippen molar-refractivity contribution in [3.8, 4) is 0 Å².